The third-order valence-electron chi connectivity index (χ3n) is 3.41. The van der Waals surface area contributed by atoms with E-state index in [-0.39, 0.29) is 12.7 Å². The molecule has 5 nitrogen and oxygen atoms in total. The van der Waals surface area contributed by atoms with Gasteiger partial charge in [-0.2, -0.15) is 0 Å². The molecule has 1 aromatic rings. The average Bonchev–Trinajstić information content (AvgIpc) is 2.98. The van der Waals surface area contributed by atoms with Gasteiger partial charge in [0, 0.05) is 26.8 Å². The minimum Gasteiger partial charge on any atom is -0.462 e. The maximum atomic E-state index is 8.98. The van der Waals surface area contributed by atoms with Crippen LogP contribution in [0.3, 0.4) is 0 Å². The standard InChI is InChI=1S/C13H21NO4/c1-16-9-10-5-13(17-2)7-14(10)6-11-3-4-12(8-15)18-11/h3-4,10,13,15H,5-9H2,1-2H3/t10-,13+/m0/s1. The van der Waals surface area contributed by atoms with E-state index in [1.807, 2.05) is 12.1 Å². The molecule has 1 N–H and O–H groups in total. The van der Waals surface area contributed by atoms with Crippen LogP contribution in [-0.4, -0.2) is 49.5 Å². The molecule has 0 amide bonds. The van der Waals surface area contributed by atoms with Crippen LogP contribution in [0.5, 0.6) is 0 Å². The van der Waals surface area contributed by atoms with Crippen LogP contribution in [0.4, 0.5) is 0 Å². The molecule has 2 heterocycles. The Morgan fingerprint density at radius 3 is 2.78 bits per heavy atom. The van der Waals surface area contributed by atoms with Crippen molar-refractivity contribution in [2.45, 2.75) is 31.7 Å². The molecule has 102 valence electrons. The summed E-state index contributed by atoms with van der Waals surface area (Å²) in [5.74, 6) is 1.48. The normalized spacial score (nSPS) is 24.8. The van der Waals surface area contributed by atoms with Gasteiger partial charge in [0.25, 0.3) is 0 Å². The SMILES string of the molecule is COC[C@@H]1C[C@@H](OC)CN1Cc1ccc(CO)o1. The van der Waals surface area contributed by atoms with E-state index in [1.165, 1.54) is 0 Å². The molecule has 1 aliphatic heterocycles. The van der Waals surface area contributed by atoms with Gasteiger partial charge in [-0.3, -0.25) is 4.90 Å². The second-order valence-corrected chi connectivity index (χ2v) is 4.66. The molecule has 0 saturated carbocycles. The molecule has 1 saturated heterocycles. The van der Waals surface area contributed by atoms with Gasteiger partial charge in [-0.1, -0.05) is 0 Å². The smallest absolute Gasteiger partial charge is 0.129 e. The minimum atomic E-state index is -0.0534. The van der Waals surface area contributed by atoms with E-state index < -0.39 is 0 Å². The predicted molar refractivity (Wildman–Crippen MR) is 66.1 cm³/mol. The second kappa shape index (κ2) is 6.33. The number of aliphatic hydroxyl groups excluding tert-OH is 1. The van der Waals surface area contributed by atoms with Gasteiger partial charge in [-0.05, 0) is 18.6 Å². The quantitative estimate of drug-likeness (QED) is 0.822. The fourth-order valence-corrected chi connectivity index (χ4v) is 2.46. The van der Waals surface area contributed by atoms with E-state index in [4.69, 9.17) is 19.0 Å². The van der Waals surface area contributed by atoms with Crippen molar-refractivity contribution < 1.29 is 19.0 Å². The number of rotatable bonds is 6. The lowest BCUT2D eigenvalue weighted by molar-refractivity contribution is 0.102. The first-order chi connectivity index (χ1) is 8.76. The Hall–Kier alpha value is -0.880. The molecule has 1 fully saturated rings. The number of ether oxygens (including phenoxy) is 2. The summed E-state index contributed by atoms with van der Waals surface area (Å²) >= 11 is 0. The van der Waals surface area contributed by atoms with Crippen molar-refractivity contribution in [1.82, 2.24) is 4.90 Å². The Balaban J connectivity index is 1.97. The van der Waals surface area contributed by atoms with Gasteiger partial charge >= 0.3 is 0 Å². The molecular weight excluding hydrogens is 234 g/mol. The lowest BCUT2D eigenvalue weighted by atomic mass is 10.2. The highest BCUT2D eigenvalue weighted by molar-refractivity contribution is 5.07. The van der Waals surface area contributed by atoms with Crippen molar-refractivity contribution in [2.75, 3.05) is 27.4 Å². The maximum absolute atomic E-state index is 8.98. The lowest BCUT2D eigenvalue weighted by Crippen LogP contribution is -2.32. The second-order valence-electron chi connectivity index (χ2n) is 4.66. The van der Waals surface area contributed by atoms with E-state index in [9.17, 15) is 0 Å². The molecule has 0 unspecified atom stereocenters. The Bertz CT molecular complexity index is 366. The number of nitrogens with zero attached hydrogens (tertiary/aromatic N) is 1. The maximum Gasteiger partial charge on any atom is 0.129 e. The average molecular weight is 255 g/mol. The van der Waals surface area contributed by atoms with Gasteiger partial charge in [0.15, 0.2) is 0 Å². The first-order valence-corrected chi connectivity index (χ1v) is 6.21. The summed E-state index contributed by atoms with van der Waals surface area (Å²) in [5.41, 5.74) is 0. The fourth-order valence-electron chi connectivity index (χ4n) is 2.46. The molecular formula is C13H21NO4. The Labute approximate surface area is 107 Å². The first-order valence-electron chi connectivity index (χ1n) is 6.21. The van der Waals surface area contributed by atoms with Gasteiger partial charge in [-0.15, -0.1) is 0 Å². The molecule has 0 aromatic carbocycles. The summed E-state index contributed by atoms with van der Waals surface area (Å²) in [6.07, 6.45) is 1.25. The number of likely N-dealkylation sites (tertiary alicyclic amines) is 1. The van der Waals surface area contributed by atoms with Crippen LogP contribution in [0.2, 0.25) is 0 Å². The summed E-state index contributed by atoms with van der Waals surface area (Å²) < 4.78 is 16.2. The zero-order chi connectivity index (χ0) is 13.0. The molecule has 0 spiro atoms. The van der Waals surface area contributed by atoms with Gasteiger partial charge in [-0.25, -0.2) is 0 Å². The zero-order valence-electron chi connectivity index (χ0n) is 11.0. The van der Waals surface area contributed by atoms with E-state index in [0.29, 0.717) is 18.4 Å². The number of methoxy groups -OCH3 is 2. The summed E-state index contributed by atoms with van der Waals surface area (Å²) in [5, 5.41) is 8.98. The van der Waals surface area contributed by atoms with E-state index in [0.717, 1.165) is 25.3 Å². The highest BCUT2D eigenvalue weighted by Crippen LogP contribution is 2.23. The van der Waals surface area contributed by atoms with Crippen LogP contribution in [0.15, 0.2) is 16.5 Å². The third kappa shape index (κ3) is 3.11. The Morgan fingerprint density at radius 2 is 2.17 bits per heavy atom. The monoisotopic (exact) mass is 255 g/mol. The minimum absolute atomic E-state index is 0.0534. The van der Waals surface area contributed by atoms with Crippen LogP contribution in [0.25, 0.3) is 0 Å². The zero-order valence-corrected chi connectivity index (χ0v) is 11.0. The highest BCUT2D eigenvalue weighted by Gasteiger charge is 2.32. The van der Waals surface area contributed by atoms with E-state index in [2.05, 4.69) is 4.90 Å². The number of furan rings is 1. The van der Waals surface area contributed by atoms with Crippen molar-refractivity contribution in [3.05, 3.63) is 23.7 Å². The third-order valence-corrected chi connectivity index (χ3v) is 3.41. The van der Waals surface area contributed by atoms with Crippen molar-refractivity contribution >= 4 is 0 Å². The summed E-state index contributed by atoms with van der Waals surface area (Å²) in [4.78, 5) is 2.30. The van der Waals surface area contributed by atoms with Gasteiger partial charge in [0.2, 0.25) is 0 Å². The lowest BCUT2D eigenvalue weighted by Gasteiger charge is -2.22. The number of aliphatic hydroxyl groups is 1. The van der Waals surface area contributed by atoms with Crippen molar-refractivity contribution in [1.29, 1.82) is 0 Å². The highest BCUT2D eigenvalue weighted by atomic mass is 16.5. The van der Waals surface area contributed by atoms with Gasteiger partial charge in [0.1, 0.15) is 18.1 Å². The number of hydrogen-bond donors (Lipinski definition) is 1. The van der Waals surface area contributed by atoms with E-state index in [1.54, 1.807) is 14.2 Å². The molecule has 0 aliphatic carbocycles. The number of hydrogen-bond acceptors (Lipinski definition) is 5. The van der Waals surface area contributed by atoms with Gasteiger partial charge in [0.05, 0.1) is 19.3 Å². The van der Waals surface area contributed by atoms with Crippen molar-refractivity contribution in [2.24, 2.45) is 0 Å². The van der Waals surface area contributed by atoms with Crippen molar-refractivity contribution in [3.63, 3.8) is 0 Å². The molecule has 5 heteroatoms. The van der Waals surface area contributed by atoms with Crippen LogP contribution in [0.1, 0.15) is 17.9 Å². The molecule has 18 heavy (non-hydrogen) atoms. The molecule has 0 radical (unpaired) electrons. The summed E-state index contributed by atoms with van der Waals surface area (Å²) in [7, 11) is 3.46. The molecule has 1 aliphatic rings. The summed E-state index contributed by atoms with van der Waals surface area (Å²) in [6.45, 7) is 2.27. The predicted octanol–water partition coefficient (Wildman–Crippen LogP) is 1.01. The van der Waals surface area contributed by atoms with E-state index >= 15 is 0 Å². The largest absolute Gasteiger partial charge is 0.462 e. The summed E-state index contributed by atoms with van der Waals surface area (Å²) in [6, 6.07) is 4.09. The molecule has 2 atom stereocenters. The van der Waals surface area contributed by atoms with Crippen LogP contribution >= 0.6 is 0 Å². The van der Waals surface area contributed by atoms with Crippen LogP contribution < -0.4 is 0 Å². The molecule has 2 rings (SSSR count). The van der Waals surface area contributed by atoms with Crippen molar-refractivity contribution in [3.8, 4) is 0 Å². The molecule has 0 bridgehead atoms. The van der Waals surface area contributed by atoms with Crippen LogP contribution in [-0.2, 0) is 22.6 Å². The molecule has 1 aromatic heterocycles. The first kappa shape index (κ1) is 13.5. The van der Waals surface area contributed by atoms with Crippen LogP contribution in [0, 0.1) is 0 Å². The van der Waals surface area contributed by atoms with Gasteiger partial charge < -0.3 is 19.0 Å². The Kier molecular flexibility index (Phi) is 4.77. The Morgan fingerprint density at radius 1 is 1.39 bits per heavy atom. The fraction of sp³-hybridized carbons (Fsp3) is 0.692. The topological polar surface area (TPSA) is 55.1 Å².